The molecule has 2 aliphatic rings. The Morgan fingerprint density at radius 3 is 2.24 bits per heavy atom. The zero-order valence-corrected chi connectivity index (χ0v) is 12.6. The first-order valence-electron chi connectivity index (χ1n) is 7.65. The van der Waals surface area contributed by atoms with Crippen molar-refractivity contribution < 1.29 is 14.4 Å². The summed E-state index contributed by atoms with van der Waals surface area (Å²) in [5, 5.41) is 0. The molecule has 0 bridgehead atoms. The lowest BCUT2D eigenvalue weighted by atomic mass is 10.2. The number of amides is 3. The Labute approximate surface area is 125 Å². The zero-order chi connectivity index (χ0) is 15.2. The quantitative estimate of drug-likeness (QED) is 0.520. The van der Waals surface area contributed by atoms with E-state index in [1.165, 1.54) is 31.4 Å². The van der Waals surface area contributed by atoms with Crippen LogP contribution in [0.5, 0.6) is 0 Å². The van der Waals surface area contributed by atoms with Crippen LogP contribution in [0.2, 0.25) is 0 Å². The zero-order valence-electron chi connectivity index (χ0n) is 12.6. The minimum atomic E-state index is -0.397. The maximum Gasteiger partial charge on any atom is 0.254 e. The van der Waals surface area contributed by atoms with Crippen molar-refractivity contribution >= 4 is 17.7 Å². The number of imide groups is 1. The molecule has 21 heavy (non-hydrogen) atoms. The molecule has 0 radical (unpaired) electrons. The maximum absolute atomic E-state index is 12.1. The summed E-state index contributed by atoms with van der Waals surface area (Å²) in [6.07, 6.45) is 6.07. The number of hydrogen-bond donors (Lipinski definition) is 0. The van der Waals surface area contributed by atoms with E-state index in [-0.39, 0.29) is 12.5 Å². The lowest BCUT2D eigenvalue weighted by Gasteiger charge is -2.35. The molecule has 0 aromatic heterocycles. The molecule has 0 saturated carbocycles. The van der Waals surface area contributed by atoms with Gasteiger partial charge in [0.05, 0.1) is 0 Å². The molecule has 2 heterocycles. The van der Waals surface area contributed by atoms with Crippen LogP contribution in [0.4, 0.5) is 0 Å². The van der Waals surface area contributed by atoms with Crippen molar-refractivity contribution in [2.75, 3.05) is 39.3 Å². The summed E-state index contributed by atoms with van der Waals surface area (Å²) in [6, 6.07) is 0. The highest BCUT2D eigenvalue weighted by molar-refractivity contribution is 6.14. The summed E-state index contributed by atoms with van der Waals surface area (Å²) in [6.45, 7) is 6.23. The van der Waals surface area contributed by atoms with Crippen LogP contribution in [0, 0.1) is 0 Å². The summed E-state index contributed by atoms with van der Waals surface area (Å²) in [4.78, 5) is 40.1. The van der Waals surface area contributed by atoms with Crippen molar-refractivity contribution in [2.24, 2.45) is 0 Å². The van der Waals surface area contributed by atoms with Gasteiger partial charge < -0.3 is 4.90 Å². The molecular formula is C15H23N3O3. The average Bonchev–Trinajstić information content (AvgIpc) is 2.80. The fourth-order valence-electron chi connectivity index (χ4n) is 2.63. The summed E-state index contributed by atoms with van der Waals surface area (Å²) in [5.74, 6) is -0.938. The molecule has 6 nitrogen and oxygen atoms in total. The minimum absolute atomic E-state index is 0.138. The lowest BCUT2D eigenvalue weighted by Crippen LogP contribution is -2.51. The van der Waals surface area contributed by atoms with Gasteiger partial charge in [-0.05, 0) is 13.0 Å². The van der Waals surface area contributed by atoms with Crippen LogP contribution < -0.4 is 0 Å². The van der Waals surface area contributed by atoms with Crippen molar-refractivity contribution in [3.05, 3.63) is 12.2 Å². The molecule has 2 aliphatic heterocycles. The van der Waals surface area contributed by atoms with E-state index in [9.17, 15) is 14.4 Å². The largest absolute Gasteiger partial charge is 0.339 e. The number of hydrogen-bond acceptors (Lipinski definition) is 4. The van der Waals surface area contributed by atoms with Crippen LogP contribution in [0.15, 0.2) is 12.2 Å². The Morgan fingerprint density at radius 2 is 1.67 bits per heavy atom. The van der Waals surface area contributed by atoms with Gasteiger partial charge in [0.2, 0.25) is 5.91 Å². The standard InChI is InChI=1S/C15H23N3O3/c1-2-3-4-7-16-8-10-17(11-9-16)15(21)12-18-13(19)5-6-14(18)20/h5-6H,2-4,7-12H2,1H3. The summed E-state index contributed by atoms with van der Waals surface area (Å²) in [5.41, 5.74) is 0. The second kappa shape index (κ2) is 7.36. The average molecular weight is 293 g/mol. The molecule has 0 spiro atoms. The topological polar surface area (TPSA) is 60.9 Å². The highest BCUT2D eigenvalue weighted by atomic mass is 16.2. The minimum Gasteiger partial charge on any atom is -0.339 e. The number of carbonyl (C=O) groups is 3. The first-order chi connectivity index (χ1) is 10.1. The highest BCUT2D eigenvalue weighted by Gasteiger charge is 2.28. The summed E-state index contributed by atoms with van der Waals surface area (Å²) >= 11 is 0. The molecule has 3 amide bonds. The van der Waals surface area contributed by atoms with E-state index in [1.54, 1.807) is 4.90 Å². The number of piperazine rings is 1. The molecule has 0 atom stereocenters. The molecule has 6 heteroatoms. The van der Waals surface area contributed by atoms with E-state index in [2.05, 4.69) is 11.8 Å². The Bertz CT molecular complexity index is 421. The van der Waals surface area contributed by atoms with E-state index >= 15 is 0 Å². The molecule has 0 aromatic carbocycles. The predicted octanol–water partition coefficient (Wildman–Crippen LogP) is 0.246. The Balaban J connectivity index is 1.73. The third kappa shape index (κ3) is 4.14. The molecule has 116 valence electrons. The van der Waals surface area contributed by atoms with Crippen LogP contribution in [0.3, 0.4) is 0 Å². The lowest BCUT2D eigenvalue weighted by molar-refractivity contribution is -0.145. The molecular weight excluding hydrogens is 270 g/mol. The third-order valence-corrected chi connectivity index (χ3v) is 4.00. The van der Waals surface area contributed by atoms with E-state index in [4.69, 9.17) is 0 Å². The van der Waals surface area contributed by atoms with E-state index < -0.39 is 11.8 Å². The second-order valence-electron chi connectivity index (χ2n) is 5.53. The highest BCUT2D eigenvalue weighted by Crippen LogP contribution is 2.08. The van der Waals surface area contributed by atoms with Crippen molar-refractivity contribution in [1.29, 1.82) is 0 Å². The summed E-state index contributed by atoms with van der Waals surface area (Å²) in [7, 11) is 0. The number of carbonyl (C=O) groups excluding carboxylic acids is 3. The molecule has 2 rings (SSSR count). The van der Waals surface area contributed by atoms with Gasteiger partial charge in [0.1, 0.15) is 6.54 Å². The second-order valence-corrected chi connectivity index (χ2v) is 5.53. The molecule has 1 fully saturated rings. The summed E-state index contributed by atoms with van der Waals surface area (Å²) < 4.78 is 0. The molecule has 0 unspecified atom stereocenters. The first kappa shape index (κ1) is 15.7. The fourth-order valence-corrected chi connectivity index (χ4v) is 2.63. The van der Waals surface area contributed by atoms with Crippen LogP contribution in [-0.4, -0.2) is 71.7 Å². The molecule has 0 aliphatic carbocycles. The van der Waals surface area contributed by atoms with Crippen molar-refractivity contribution in [2.45, 2.75) is 26.2 Å². The van der Waals surface area contributed by atoms with E-state index in [0.717, 1.165) is 24.5 Å². The van der Waals surface area contributed by atoms with Gasteiger partial charge in [-0.1, -0.05) is 19.8 Å². The van der Waals surface area contributed by atoms with Crippen molar-refractivity contribution in [3.8, 4) is 0 Å². The SMILES string of the molecule is CCCCCN1CCN(C(=O)CN2C(=O)C=CC2=O)CC1. The smallest absolute Gasteiger partial charge is 0.254 e. The Hall–Kier alpha value is -1.69. The van der Waals surface area contributed by atoms with Crippen molar-refractivity contribution in [1.82, 2.24) is 14.7 Å². The van der Waals surface area contributed by atoms with Gasteiger partial charge in [-0.2, -0.15) is 0 Å². The van der Waals surface area contributed by atoms with Gasteiger partial charge in [0, 0.05) is 38.3 Å². The first-order valence-corrected chi connectivity index (χ1v) is 7.65. The number of rotatable bonds is 6. The van der Waals surface area contributed by atoms with Crippen LogP contribution in [-0.2, 0) is 14.4 Å². The van der Waals surface area contributed by atoms with Crippen LogP contribution in [0.25, 0.3) is 0 Å². The number of unbranched alkanes of at least 4 members (excludes halogenated alkanes) is 2. The Kier molecular flexibility index (Phi) is 5.50. The molecule has 0 N–H and O–H groups in total. The van der Waals surface area contributed by atoms with Gasteiger partial charge in [-0.3, -0.25) is 24.2 Å². The van der Waals surface area contributed by atoms with Gasteiger partial charge >= 0.3 is 0 Å². The van der Waals surface area contributed by atoms with Gasteiger partial charge in [0.15, 0.2) is 0 Å². The Morgan fingerprint density at radius 1 is 1.05 bits per heavy atom. The maximum atomic E-state index is 12.1. The van der Waals surface area contributed by atoms with Crippen LogP contribution >= 0.6 is 0 Å². The molecule has 0 aromatic rings. The number of nitrogens with zero attached hydrogens (tertiary/aromatic N) is 3. The van der Waals surface area contributed by atoms with Crippen molar-refractivity contribution in [3.63, 3.8) is 0 Å². The fraction of sp³-hybridized carbons (Fsp3) is 0.667. The van der Waals surface area contributed by atoms with Gasteiger partial charge in [-0.15, -0.1) is 0 Å². The van der Waals surface area contributed by atoms with Gasteiger partial charge in [-0.25, -0.2) is 0 Å². The van der Waals surface area contributed by atoms with Gasteiger partial charge in [0.25, 0.3) is 11.8 Å². The van der Waals surface area contributed by atoms with E-state index in [0.29, 0.717) is 13.1 Å². The third-order valence-electron chi connectivity index (χ3n) is 4.00. The van der Waals surface area contributed by atoms with E-state index in [1.807, 2.05) is 0 Å². The van der Waals surface area contributed by atoms with Crippen LogP contribution in [0.1, 0.15) is 26.2 Å². The normalized spacial score (nSPS) is 19.7. The monoisotopic (exact) mass is 293 g/mol. The molecule has 1 saturated heterocycles. The predicted molar refractivity (Wildman–Crippen MR) is 78.4 cm³/mol.